The van der Waals surface area contributed by atoms with Gasteiger partial charge < -0.3 is 15.2 Å². The van der Waals surface area contributed by atoms with Gasteiger partial charge in [0.25, 0.3) is 0 Å². The Hall–Kier alpha value is -1.92. The van der Waals surface area contributed by atoms with Crippen molar-refractivity contribution in [2.45, 2.75) is 12.8 Å². The molecule has 0 radical (unpaired) electrons. The molecule has 0 unspecified atom stereocenters. The molecule has 2 saturated heterocycles. The summed E-state index contributed by atoms with van der Waals surface area (Å²) >= 11 is 0. The lowest BCUT2D eigenvalue weighted by Crippen LogP contribution is -2.45. The smallest absolute Gasteiger partial charge is 0.311 e. The number of hydrogen-bond acceptors (Lipinski definition) is 4. The van der Waals surface area contributed by atoms with Gasteiger partial charge in [0, 0.05) is 32.2 Å². The maximum atomic E-state index is 12.1. The summed E-state index contributed by atoms with van der Waals surface area (Å²) in [5, 5.41) is 12.6. The zero-order chi connectivity index (χ0) is 17.0. The average molecular weight is 332 g/mol. The van der Waals surface area contributed by atoms with E-state index in [1.54, 1.807) is 0 Å². The first-order chi connectivity index (χ1) is 11.6. The fourth-order valence-corrected chi connectivity index (χ4v) is 3.77. The van der Waals surface area contributed by atoms with Crippen molar-refractivity contribution in [3.63, 3.8) is 0 Å². The quantitative estimate of drug-likeness (QED) is 0.804. The minimum absolute atomic E-state index is 0.0270. The molecule has 0 aromatic heterocycles. The third kappa shape index (κ3) is 3.60. The molecule has 1 aromatic rings. The lowest BCUT2D eigenvalue weighted by atomic mass is 9.74. The van der Waals surface area contributed by atoms with Gasteiger partial charge in [0.15, 0.2) is 0 Å². The molecule has 0 spiro atoms. The molecule has 2 fully saturated rings. The van der Waals surface area contributed by atoms with Crippen molar-refractivity contribution in [1.29, 1.82) is 0 Å². The van der Waals surface area contributed by atoms with E-state index in [4.69, 9.17) is 4.74 Å². The van der Waals surface area contributed by atoms with Crippen molar-refractivity contribution < 1.29 is 19.4 Å². The normalized spacial score (nSPS) is 26.8. The van der Waals surface area contributed by atoms with E-state index < -0.39 is 11.4 Å². The third-order valence-corrected chi connectivity index (χ3v) is 5.15. The number of hydrogen-bond donors (Lipinski definition) is 2. The van der Waals surface area contributed by atoms with Crippen molar-refractivity contribution in [1.82, 2.24) is 10.2 Å². The van der Waals surface area contributed by atoms with Crippen LogP contribution in [0.2, 0.25) is 0 Å². The lowest BCUT2D eigenvalue weighted by Gasteiger charge is -2.34. The molecule has 2 N–H and O–H groups in total. The average Bonchev–Trinajstić information content (AvgIpc) is 2.95. The van der Waals surface area contributed by atoms with Gasteiger partial charge in [-0.05, 0) is 18.4 Å². The monoisotopic (exact) mass is 332 g/mol. The van der Waals surface area contributed by atoms with Crippen LogP contribution in [0.3, 0.4) is 0 Å². The van der Waals surface area contributed by atoms with Crippen molar-refractivity contribution in [2.75, 3.05) is 39.4 Å². The van der Waals surface area contributed by atoms with Crippen LogP contribution in [0.5, 0.6) is 0 Å². The summed E-state index contributed by atoms with van der Waals surface area (Å²) in [6.07, 6.45) is 1.32. The minimum atomic E-state index is -0.761. The van der Waals surface area contributed by atoms with Gasteiger partial charge in [0.05, 0.1) is 18.6 Å². The Bertz CT molecular complexity index is 592. The highest BCUT2D eigenvalue weighted by Gasteiger charge is 2.53. The largest absolute Gasteiger partial charge is 0.481 e. The van der Waals surface area contributed by atoms with E-state index in [0.29, 0.717) is 39.3 Å². The van der Waals surface area contributed by atoms with E-state index in [2.05, 4.69) is 5.32 Å². The summed E-state index contributed by atoms with van der Waals surface area (Å²) in [6.45, 7) is 2.84. The number of ether oxygens (including phenoxy) is 1. The summed E-state index contributed by atoms with van der Waals surface area (Å²) in [5.41, 5.74) is 0.440. The first kappa shape index (κ1) is 16.9. The maximum Gasteiger partial charge on any atom is 0.311 e. The van der Waals surface area contributed by atoms with E-state index in [1.165, 1.54) is 5.56 Å². The number of carboxylic acid groups (broad SMARTS) is 1. The Kier molecular flexibility index (Phi) is 5.16. The number of carbonyl (C=O) groups is 2. The number of nitrogens with one attached hydrogen (secondary N) is 1. The Balaban J connectivity index is 1.48. The molecule has 2 atom stereocenters. The maximum absolute atomic E-state index is 12.1. The lowest BCUT2D eigenvalue weighted by molar-refractivity contribution is -0.157. The Labute approximate surface area is 141 Å². The van der Waals surface area contributed by atoms with Gasteiger partial charge >= 0.3 is 5.97 Å². The summed E-state index contributed by atoms with van der Waals surface area (Å²) in [4.78, 5) is 25.8. The molecule has 1 aromatic carbocycles. The van der Waals surface area contributed by atoms with E-state index in [9.17, 15) is 14.7 Å². The molecule has 6 nitrogen and oxygen atoms in total. The van der Waals surface area contributed by atoms with Crippen LogP contribution in [0.25, 0.3) is 0 Å². The molecular formula is C18H24N2O4. The minimum Gasteiger partial charge on any atom is -0.481 e. The van der Waals surface area contributed by atoms with E-state index in [-0.39, 0.29) is 18.4 Å². The highest BCUT2D eigenvalue weighted by molar-refractivity contribution is 5.79. The van der Waals surface area contributed by atoms with E-state index >= 15 is 0 Å². The second kappa shape index (κ2) is 7.32. The number of carbonyl (C=O) groups excluding carboxylic acids is 1. The number of benzene rings is 1. The zero-order valence-corrected chi connectivity index (χ0v) is 13.7. The number of likely N-dealkylation sites (tertiary alicyclic amines) is 1. The highest BCUT2D eigenvalue weighted by atomic mass is 16.5. The number of carboxylic acids is 1. The van der Waals surface area contributed by atoms with Gasteiger partial charge in [-0.3, -0.25) is 14.5 Å². The highest BCUT2D eigenvalue weighted by Crippen LogP contribution is 2.42. The number of fused-ring (bicyclic) bond motifs is 1. The van der Waals surface area contributed by atoms with Crippen LogP contribution in [0, 0.1) is 11.3 Å². The van der Waals surface area contributed by atoms with Gasteiger partial charge in [-0.1, -0.05) is 30.3 Å². The fraction of sp³-hybridized carbons (Fsp3) is 0.556. The molecule has 0 aliphatic carbocycles. The standard InChI is InChI=1S/C18H24N2O4/c21-16(19-8-6-14-4-2-1-3-5-14)11-20-10-15-12-24-9-7-18(15,13-20)17(22)23/h1-5,15H,6-13H2,(H,19,21)(H,22,23)/t15-,18+/m1/s1. The molecule has 2 heterocycles. The van der Waals surface area contributed by atoms with Crippen LogP contribution in [-0.4, -0.2) is 61.3 Å². The molecule has 6 heteroatoms. The predicted molar refractivity (Wildman–Crippen MR) is 88.6 cm³/mol. The molecule has 3 rings (SSSR count). The number of rotatable bonds is 6. The molecule has 130 valence electrons. The number of aliphatic carboxylic acids is 1. The molecule has 0 bridgehead atoms. The first-order valence-electron chi connectivity index (χ1n) is 8.44. The van der Waals surface area contributed by atoms with Crippen LogP contribution < -0.4 is 5.32 Å². The second-order valence-electron chi connectivity index (χ2n) is 6.74. The Morgan fingerprint density at radius 3 is 2.83 bits per heavy atom. The van der Waals surface area contributed by atoms with Gasteiger partial charge in [-0.2, -0.15) is 0 Å². The van der Waals surface area contributed by atoms with Crippen LogP contribution in [0.15, 0.2) is 30.3 Å². The van der Waals surface area contributed by atoms with E-state index in [0.717, 1.165) is 6.42 Å². The van der Waals surface area contributed by atoms with Crippen molar-refractivity contribution in [3.8, 4) is 0 Å². The van der Waals surface area contributed by atoms with Crippen molar-refractivity contribution >= 4 is 11.9 Å². The summed E-state index contributed by atoms with van der Waals surface area (Å²) in [5.74, 6) is -0.838. The molecule has 24 heavy (non-hydrogen) atoms. The summed E-state index contributed by atoms with van der Waals surface area (Å²) < 4.78 is 5.44. The van der Waals surface area contributed by atoms with Crippen LogP contribution in [0.4, 0.5) is 0 Å². The first-order valence-corrected chi connectivity index (χ1v) is 8.44. The topological polar surface area (TPSA) is 78.9 Å². The molecule has 0 saturated carbocycles. The van der Waals surface area contributed by atoms with Gasteiger partial charge in [0.2, 0.25) is 5.91 Å². The molecule has 1 amide bonds. The number of nitrogens with zero attached hydrogens (tertiary/aromatic N) is 1. The van der Waals surface area contributed by atoms with Gasteiger partial charge in [-0.15, -0.1) is 0 Å². The second-order valence-corrected chi connectivity index (χ2v) is 6.74. The van der Waals surface area contributed by atoms with Gasteiger partial charge in [0.1, 0.15) is 0 Å². The fourth-order valence-electron chi connectivity index (χ4n) is 3.77. The predicted octanol–water partition coefficient (Wildman–Crippen LogP) is 0.768. The Morgan fingerprint density at radius 2 is 2.12 bits per heavy atom. The Morgan fingerprint density at radius 1 is 1.33 bits per heavy atom. The summed E-state index contributed by atoms with van der Waals surface area (Å²) in [7, 11) is 0. The number of amides is 1. The van der Waals surface area contributed by atoms with E-state index in [1.807, 2.05) is 35.2 Å². The molecule has 2 aliphatic heterocycles. The van der Waals surface area contributed by atoms with Crippen molar-refractivity contribution in [3.05, 3.63) is 35.9 Å². The van der Waals surface area contributed by atoms with Crippen LogP contribution in [-0.2, 0) is 20.7 Å². The van der Waals surface area contributed by atoms with Crippen molar-refractivity contribution in [2.24, 2.45) is 11.3 Å². The molecular weight excluding hydrogens is 308 g/mol. The zero-order valence-electron chi connectivity index (χ0n) is 13.7. The van der Waals surface area contributed by atoms with Crippen LogP contribution in [0.1, 0.15) is 12.0 Å². The third-order valence-electron chi connectivity index (χ3n) is 5.15. The molecule has 2 aliphatic rings. The van der Waals surface area contributed by atoms with Crippen LogP contribution >= 0.6 is 0 Å². The SMILES string of the molecule is O=C(CN1C[C@@H]2COCC[C@]2(C(=O)O)C1)NCCc1ccccc1. The van der Waals surface area contributed by atoms with Gasteiger partial charge in [-0.25, -0.2) is 0 Å². The summed E-state index contributed by atoms with van der Waals surface area (Å²) in [6, 6.07) is 10.0.